The number of aliphatic carboxylic acids is 1. The molecule has 156 valence electrons. The first-order valence-electron chi connectivity index (χ1n) is 10.1. The highest BCUT2D eigenvalue weighted by atomic mass is 16.6. The van der Waals surface area contributed by atoms with Crippen LogP contribution in [0.2, 0.25) is 0 Å². The number of carboxylic acids is 1. The molecule has 7 nitrogen and oxygen atoms in total. The van der Waals surface area contributed by atoms with Crippen molar-refractivity contribution in [3.05, 3.63) is 35.4 Å². The number of carbonyl (C=O) groups is 2. The standard InChI is InChI=1S/C22H27NO6/c1-23-11-10-22-9-8-15(28-19(26)5-3-4-18(24)25)12-17(22)29-21-16(27-2)7-6-14(13-23)20(21)22/h6-9,15,17H,3-5,10-13H2,1-2H3,(H,24,25)/t15-,17-,22?/m0/s1. The van der Waals surface area contributed by atoms with E-state index >= 15 is 0 Å². The van der Waals surface area contributed by atoms with E-state index in [1.807, 2.05) is 12.1 Å². The van der Waals surface area contributed by atoms with Crippen LogP contribution in [0.3, 0.4) is 0 Å². The van der Waals surface area contributed by atoms with Gasteiger partial charge in [0.05, 0.1) is 12.5 Å². The molecule has 0 bridgehead atoms. The number of carboxylic acid groups (broad SMARTS) is 1. The van der Waals surface area contributed by atoms with Crippen molar-refractivity contribution in [2.75, 3.05) is 20.7 Å². The molecule has 0 amide bonds. The van der Waals surface area contributed by atoms with Crippen LogP contribution < -0.4 is 9.47 Å². The van der Waals surface area contributed by atoms with Crippen LogP contribution in [0.15, 0.2) is 24.3 Å². The van der Waals surface area contributed by atoms with Gasteiger partial charge in [-0.25, -0.2) is 0 Å². The van der Waals surface area contributed by atoms with Crippen molar-refractivity contribution in [1.82, 2.24) is 4.90 Å². The topological polar surface area (TPSA) is 85.3 Å². The Morgan fingerprint density at radius 2 is 2.17 bits per heavy atom. The fourth-order valence-corrected chi connectivity index (χ4v) is 4.76. The average Bonchev–Trinajstić information content (AvgIpc) is 2.93. The zero-order chi connectivity index (χ0) is 20.6. The van der Waals surface area contributed by atoms with Crippen LogP contribution in [0.25, 0.3) is 0 Å². The second-order valence-electron chi connectivity index (χ2n) is 8.14. The number of methoxy groups -OCH3 is 1. The molecule has 2 aliphatic heterocycles. The van der Waals surface area contributed by atoms with Gasteiger partial charge in [-0.3, -0.25) is 9.59 Å². The van der Waals surface area contributed by atoms with Crippen molar-refractivity contribution < 1.29 is 28.9 Å². The first-order valence-corrected chi connectivity index (χ1v) is 10.1. The fourth-order valence-electron chi connectivity index (χ4n) is 4.76. The lowest BCUT2D eigenvalue weighted by Gasteiger charge is -2.36. The number of hydrogen-bond acceptors (Lipinski definition) is 6. The van der Waals surface area contributed by atoms with Crippen LogP contribution in [0.4, 0.5) is 0 Å². The summed E-state index contributed by atoms with van der Waals surface area (Å²) in [6.07, 6.45) is 5.50. The van der Waals surface area contributed by atoms with Crippen LogP contribution in [0.5, 0.6) is 11.5 Å². The van der Waals surface area contributed by atoms with Gasteiger partial charge in [-0.05, 0) is 44.1 Å². The zero-order valence-electron chi connectivity index (χ0n) is 16.8. The second-order valence-corrected chi connectivity index (χ2v) is 8.14. The van der Waals surface area contributed by atoms with Crippen LogP contribution >= 0.6 is 0 Å². The van der Waals surface area contributed by atoms with Gasteiger partial charge < -0.3 is 24.2 Å². The van der Waals surface area contributed by atoms with Gasteiger partial charge in [-0.1, -0.05) is 12.1 Å². The molecule has 0 saturated heterocycles. The molecule has 1 aromatic carbocycles. The van der Waals surface area contributed by atoms with Crippen molar-refractivity contribution in [3.63, 3.8) is 0 Å². The van der Waals surface area contributed by atoms with Crippen molar-refractivity contribution in [2.45, 2.75) is 56.3 Å². The minimum atomic E-state index is -0.905. The minimum Gasteiger partial charge on any atom is -0.493 e. The molecule has 1 aromatic rings. The summed E-state index contributed by atoms with van der Waals surface area (Å²) in [4.78, 5) is 25.0. The number of nitrogens with zero attached hydrogens (tertiary/aromatic N) is 1. The summed E-state index contributed by atoms with van der Waals surface area (Å²) in [7, 11) is 3.77. The van der Waals surface area contributed by atoms with E-state index in [4.69, 9.17) is 19.3 Å². The lowest BCUT2D eigenvalue weighted by molar-refractivity contribution is -0.148. The Bertz CT molecular complexity index is 850. The van der Waals surface area contributed by atoms with Crippen molar-refractivity contribution in [1.29, 1.82) is 0 Å². The zero-order valence-corrected chi connectivity index (χ0v) is 16.8. The first kappa shape index (κ1) is 19.8. The quantitative estimate of drug-likeness (QED) is 0.579. The highest BCUT2D eigenvalue weighted by Crippen LogP contribution is 2.55. The highest BCUT2D eigenvalue weighted by molar-refractivity contribution is 5.72. The lowest BCUT2D eigenvalue weighted by Crippen LogP contribution is -2.43. The molecular formula is C22H27NO6. The Hall–Kier alpha value is -2.54. The molecule has 0 fully saturated rings. The summed E-state index contributed by atoms with van der Waals surface area (Å²) in [5.41, 5.74) is 2.21. The van der Waals surface area contributed by atoms with E-state index in [-0.39, 0.29) is 42.9 Å². The van der Waals surface area contributed by atoms with E-state index in [1.165, 1.54) is 11.1 Å². The van der Waals surface area contributed by atoms with Crippen molar-refractivity contribution in [2.24, 2.45) is 0 Å². The predicted octanol–water partition coefficient (Wildman–Crippen LogP) is 2.66. The molecule has 29 heavy (non-hydrogen) atoms. The molecule has 2 heterocycles. The average molecular weight is 401 g/mol. The number of rotatable bonds is 6. The summed E-state index contributed by atoms with van der Waals surface area (Å²) >= 11 is 0. The van der Waals surface area contributed by atoms with Crippen molar-refractivity contribution >= 4 is 11.9 Å². The summed E-state index contributed by atoms with van der Waals surface area (Å²) in [6.45, 7) is 1.81. The molecule has 0 saturated carbocycles. The third kappa shape index (κ3) is 3.59. The van der Waals surface area contributed by atoms with Crippen LogP contribution in [-0.2, 0) is 26.3 Å². The Kier molecular flexibility index (Phi) is 5.25. The largest absolute Gasteiger partial charge is 0.493 e. The third-order valence-corrected chi connectivity index (χ3v) is 6.18. The van der Waals surface area contributed by atoms with Gasteiger partial charge in [0, 0.05) is 31.4 Å². The van der Waals surface area contributed by atoms with E-state index in [2.05, 4.69) is 24.1 Å². The molecule has 0 aromatic heterocycles. The van der Waals surface area contributed by atoms with E-state index in [1.54, 1.807) is 7.11 Å². The second kappa shape index (κ2) is 7.71. The Morgan fingerprint density at radius 1 is 1.34 bits per heavy atom. The van der Waals surface area contributed by atoms with E-state index in [9.17, 15) is 9.59 Å². The molecule has 1 unspecified atom stereocenters. The summed E-state index contributed by atoms with van der Waals surface area (Å²) in [6, 6.07) is 4.08. The SMILES string of the molecule is COc1ccc2c3c1O[C@H]1C[C@@H](OC(=O)CCCC(=O)O)C=CC31CCN(C)C2. The molecule has 1 aliphatic carbocycles. The van der Waals surface area contributed by atoms with Crippen molar-refractivity contribution in [3.8, 4) is 11.5 Å². The molecule has 1 N–H and O–H groups in total. The van der Waals surface area contributed by atoms with Crippen LogP contribution in [-0.4, -0.2) is 54.9 Å². The van der Waals surface area contributed by atoms with Gasteiger partial charge >= 0.3 is 11.9 Å². The number of esters is 1. The Morgan fingerprint density at radius 3 is 2.93 bits per heavy atom. The predicted molar refractivity (Wildman–Crippen MR) is 105 cm³/mol. The summed E-state index contributed by atoms with van der Waals surface area (Å²) in [5.74, 6) is 0.268. The van der Waals surface area contributed by atoms with E-state index in [0.29, 0.717) is 6.42 Å². The number of ether oxygens (including phenoxy) is 3. The van der Waals surface area contributed by atoms with Gasteiger partial charge in [0.15, 0.2) is 11.5 Å². The van der Waals surface area contributed by atoms with Gasteiger partial charge in [0.25, 0.3) is 0 Å². The first-order chi connectivity index (χ1) is 13.9. The molecule has 1 spiro atoms. The summed E-state index contributed by atoms with van der Waals surface area (Å²) in [5, 5.41) is 8.71. The normalized spacial score (nSPS) is 27.4. The van der Waals surface area contributed by atoms with Gasteiger partial charge in [0.1, 0.15) is 12.2 Å². The lowest BCUT2D eigenvalue weighted by atomic mass is 9.69. The third-order valence-electron chi connectivity index (χ3n) is 6.18. The highest BCUT2D eigenvalue weighted by Gasteiger charge is 2.53. The molecule has 7 heteroatoms. The Balaban J connectivity index is 1.56. The fraction of sp³-hybridized carbons (Fsp3) is 0.545. The molecule has 3 atom stereocenters. The summed E-state index contributed by atoms with van der Waals surface area (Å²) < 4.78 is 17.5. The van der Waals surface area contributed by atoms with Crippen LogP contribution in [0, 0.1) is 0 Å². The maximum absolute atomic E-state index is 12.1. The monoisotopic (exact) mass is 401 g/mol. The van der Waals surface area contributed by atoms with E-state index < -0.39 is 5.97 Å². The number of benzene rings is 1. The molecule has 0 radical (unpaired) electrons. The maximum Gasteiger partial charge on any atom is 0.306 e. The molecular weight excluding hydrogens is 374 g/mol. The number of carbonyl (C=O) groups excluding carboxylic acids is 1. The molecule has 4 rings (SSSR count). The molecule has 3 aliphatic rings. The van der Waals surface area contributed by atoms with E-state index in [0.717, 1.165) is 31.0 Å². The number of hydrogen-bond donors (Lipinski definition) is 1. The Labute approximate surface area is 170 Å². The minimum absolute atomic E-state index is 0.0319. The van der Waals surface area contributed by atoms with Gasteiger partial charge in [0.2, 0.25) is 0 Å². The maximum atomic E-state index is 12.1. The van der Waals surface area contributed by atoms with Crippen LogP contribution in [0.1, 0.15) is 43.2 Å². The van der Waals surface area contributed by atoms with Gasteiger partial charge in [-0.15, -0.1) is 0 Å². The smallest absolute Gasteiger partial charge is 0.306 e. The van der Waals surface area contributed by atoms with Gasteiger partial charge in [-0.2, -0.15) is 0 Å².